The van der Waals surface area contributed by atoms with E-state index in [1.165, 1.54) is 18.4 Å². The minimum absolute atomic E-state index is 0.00896. The number of carbonyl (C=O) groups is 2. The Morgan fingerprint density at radius 1 is 1.19 bits per heavy atom. The number of nitrogens with zero attached hydrogens (tertiary/aromatic N) is 1. The Hall–Kier alpha value is -1.88. The van der Waals surface area contributed by atoms with Crippen LogP contribution in [-0.2, 0) is 9.59 Å². The summed E-state index contributed by atoms with van der Waals surface area (Å²) in [5, 5.41) is 6.07. The predicted molar refractivity (Wildman–Crippen MR) is 109 cm³/mol. The molecule has 0 aromatic heterocycles. The fraction of sp³-hybridized carbons (Fsp3) is 0.636. The Labute approximate surface area is 162 Å². The van der Waals surface area contributed by atoms with Crippen molar-refractivity contribution >= 4 is 17.5 Å². The van der Waals surface area contributed by atoms with Crippen LogP contribution in [0.5, 0.6) is 0 Å². The molecule has 1 heterocycles. The van der Waals surface area contributed by atoms with Crippen molar-refractivity contribution < 1.29 is 9.59 Å². The molecule has 1 aliphatic carbocycles. The van der Waals surface area contributed by atoms with Gasteiger partial charge in [0.1, 0.15) is 0 Å². The summed E-state index contributed by atoms with van der Waals surface area (Å²) in [6.45, 7) is 7.12. The summed E-state index contributed by atoms with van der Waals surface area (Å²) in [4.78, 5) is 26.8. The molecule has 0 bridgehead atoms. The topological polar surface area (TPSA) is 61.4 Å². The van der Waals surface area contributed by atoms with Crippen molar-refractivity contribution in [2.75, 3.05) is 31.5 Å². The smallest absolute Gasteiger partial charge is 0.238 e. The third-order valence-electron chi connectivity index (χ3n) is 5.88. The highest BCUT2D eigenvalue weighted by Gasteiger charge is 2.28. The van der Waals surface area contributed by atoms with Gasteiger partial charge in [-0.05, 0) is 68.2 Å². The molecule has 5 nitrogen and oxygen atoms in total. The van der Waals surface area contributed by atoms with E-state index in [1.807, 2.05) is 12.1 Å². The van der Waals surface area contributed by atoms with E-state index in [0.717, 1.165) is 38.0 Å². The Balaban J connectivity index is 1.44. The molecule has 148 valence electrons. The van der Waals surface area contributed by atoms with Gasteiger partial charge in [0.05, 0.1) is 12.5 Å². The largest absolute Gasteiger partial charge is 0.356 e. The Morgan fingerprint density at radius 2 is 1.93 bits per heavy atom. The summed E-state index contributed by atoms with van der Waals surface area (Å²) in [6, 6.07) is 8.13. The second kappa shape index (κ2) is 9.36. The van der Waals surface area contributed by atoms with Crippen molar-refractivity contribution in [3.63, 3.8) is 0 Å². The number of anilines is 1. The molecule has 0 spiro atoms. The van der Waals surface area contributed by atoms with Crippen molar-refractivity contribution in [1.29, 1.82) is 0 Å². The van der Waals surface area contributed by atoms with Gasteiger partial charge in [-0.3, -0.25) is 14.5 Å². The molecule has 1 aromatic carbocycles. The van der Waals surface area contributed by atoms with Crippen molar-refractivity contribution in [2.24, 2.45) is 11.8 Å². The zero-order valence-corrected chi connectivity index (χ0v) is 16.7. The number of hydrogen-bond donors (Lipinski definition) is 2. The lowest BCUT2D eigenvalue weighted by Gasteiger charge is -2.31. The highest BCUT2D eigenvalue weighted by molar-refractivity contribution is 5.92. The Kier molecular flexibility index (Phi) is 6.89. The molecule has 2 amide bonds. The lowest BCUT2D eigenvalue weighted by atomic mass is 9.97. The molecule has 5 heteroatoms. The molecule has 1 saturated carbocycles. The molecule has 2 atom stereocenters. The van der Waals surface area contributed by atoms with Crippen LogP contribution in [0.2, 0.25) is 0 Å². The van der Waals surface area contributed by atoms with Crippen LogP contribution in [0.4, 0.5) is 5.69 Å². The molecule has 1 aliphatic heterocycles. The summed E-state index contributed by atoms with van der Waals surface area (Å²) in [6.07, 6.45) is 5.49. The van der Waals surface area contributed by atoms with Crippen LogP contribution < -0.4 is 10.6 Å². The van der Waals surface area contributed by atoms with E-state index in [1.54, 1.807) is 0 Å². The van der Waals surface area contributed by atoms with Gasteiger partial charge < -0.3 is 10.6 Å². The van der Waals surface area contributed by atoms with Crippen molar-refractivity contribution in [3.05, 3.63) is 29.8 Å². The van der Waals surface area contributed by atoms with Gasteiger partial charge in [-0.2, -0.15) is 0 Å². The average Bonchev–Trinajstić information content (AvgIpc) is 3.50. The number of piperidine rings is 1. The van der Waals surface area contributed by atoms with Crippen molar-refractivity contribution in [3.8, 4) is 0 Å². The molecule has 1 aromatic rings. The average molecular weight is 372 g/mol. The fourth-order valence-corrected chi connectivity index (χ4v) is 3.66. The normalized spacial score (nSPS) is 21.5. The van der Waals surface area contributed by atoms with Crippen LogP contribution in [0.25, 0.3) is 0 Å². The van der Waals surface area contributed by atoms with Gasteiger partial charge in [0, 0.05) is 18.8 Å². The van der Waals surface area contributed by atoms with E-state index < -0.39 is 0 Å². The fourth-order valence-electron chi connectivity index (χ4n) is 3.66. The highest BCUT2D eigenvalue weighted by Crippen LogP contribution is 2.28. The first-order valence-electron chi connectivity index (χ1n) is 10.4. The van der Waals surface area contributed by atoms with Crippen molar-refractivity contribution in [1.82, 2.24) is 10.2 Å². The molecule has 2 unspecified atom stereocenters. The molecule has 2 aliphatic rings. The van der Waals surface area contributed by atoms with E-state index >= 15 is 0 Å². The number of rotatable bonds is 8. The zero-order valence-electron chi connectivity index (χ0n) is 16.7. The predicted octanol–water partition coefficient (Wildman–Crippen LogP) is 3.38. The third kappa shape index (κ3) is 6.06. The molecule has 1 saturated heterocycles. The van der Waals surface area contributed by atoms with Crippen LogP contribution in [0, 0.1) is 11.8 Å². The zero-order chi connectivity index (χ0) is 19.2. The summed E-state index contributed by atoms with van der Waals surface area (Å²) in [7, 11) is 0. The molecular formula is C22H33N3O2. The summed E-state index contributed by atoms with van der Waals surface area (Å²) >= 11 is 0. The van der Waals surface area contributed by atoms with E-state index in [4.69, 9.17) is 0 Å². The third-order valence-corrected chi connectivity index (χ3v) is 5.88. The Morgan fingerprint density at radius 3 is 2.59 bits per heavy atom. The second-order valence-electron chi connectivity index (χ2n) is 8.24. The highest BCUT2D eigenvalue weighted by atomic mass is 16.2. The van der Waals surface area contributed by atoms with Gasteiger partial charge in [0.2, 0.25) is 11.8 Å². The molecule has 2 fully saturated rings. The monoisotopic (exact) mass is 371 g/mol. The molecular weight excluding hydrogens is 338 g/mol. The lowest BCUT2D eigenvalue weighted by Crippen LogP contribution is -2.45. The number of nitrogens with one attached hydrogen (secondary N) is 2. The summed E-state index contributed by atoms with van der Waals surface area (Å²) in [5.41, 5.74) is 2.13. The lowest BCUT2D eigenvalue weighted by molar-refractivity contribution is -0.128. The minimum Gasteiger partial charge on any atom is -0.356 e. The maximum absolute atomic E-state index is 12.4. The molecule has 3 rings (SSSR count). The molecule has 27 heavy (non-hydrogen) atoms. The van der Waals surface area contributed by atoms with Crippen LogP contribution in [0.1, 0.15) is 57.4 Å². The van der Waals surface area contributed by atoms with Crippen LogP contribution in [-0.4, -0.2) is 42.9 Å². The van der Waals surface area contributed by atoms with E-state index in [0.29, 0.717) is 24.9 Å². The van der Waals surface area contributed by atoms with E-state index in [9.17, 15) is 9.59 Å². The van der Waals surface area contributed by atoms with Gasteiger partial charge in [0.15, 0.2) is 0 Å². The maximum Gasteiger partial charge on any atom is 0.238 e. The van der Waals surface area contributed by atoms with Gasteiger partial charge in [-0.1, -0.05) is 26.0 Å². The van der Waals surface area contributed by atoms with Crippen LogP contribution in [0.3, 0.4) is 0 Å². The van der Waals surface area contributed by atoms with Crippen LogP contribution in [0.15, 0.2) is 24.3 Å². The quantitative estimate of drug-likeness (QED) is 0.736. The van der Waals surface area contributed by atoms with Gasteiger partial charge >= 0.3 is 0 Å². The van der Waals surface area contributed by atoms with Crippen LogP contribution >= 0.6 is 0 Å². The Bertz CT molecular complexity index is 639. The first kappa shape index (κ1) is 19.9. The molecule has 2 N–H and O–H groups in total. The standard InChI is InChI=1S/C22H33N3O2/c1-3-16(2)18-8-10-20(11-9-18)24-21(26)15-25-12-4-5-19(14-25)22(27)23-13-17-6-7-17/h8-11,16-17,19H,3-7,12-15H2,1-2H3,(H,23,27)(H,24,26). The number of likely N-dealkylation sites (tertiary alicyclic amines) is 1. The van der Waals surface area contributed by atoms with E-state index in [2.05, 4.69) is 41.5 Å². The number of amides is 2. The van der Waals surface area contributed by atoms with Gasteiger partial charge in [-0.25, -0.2) is 0 Å². The summed E-state index contributed by atoms with van der Waals surface area (Å²) < 4.78 is 0. The number of benzene rings is 1. The summed E-state index contributed by atoms with van der Waals surface area (Å²) in [5.74, 6) is 1.40. The van der Waals surface area contributed by atoms with Gasteiger partial charge in [0.25, 0.3) is 0 Å². The first-order chi connectivity index (χ1) is 13.0. The maximum atomic E-state index is 12.4. The SMILES string of the molecule is CCC(C)c1ccc(NC(=O)CN2CCCC(C(=O)NCC3CC3)C2)cc1. The molecule has 0 radical (unpaired) electrons. The first-order valence-corrected chi connectivity index (χ1v) is 10.4. The van der Waals surface area contributed by atoms with Gasteiger partial charge in [-0.15, -0.1) is 0 Å². The van der Waals surface area contributed by atoms with Crippen molar-refractivity contribution in [2.45, 2.75) is 51.9 Å². The van der Waals surface area contributed by atoms with E-state index in [-0.39, 0.29) is 17.7 Å². The number of hydrogen-bond acceptors (Lipinski definition) is 3. The second-order valence-corrected chi connectivity index (χ2v) is 8.24. The number of carbonyl (C=O) groups excluding carboxylic acids is 2. The minimum atomic E-state index is -0.00896.